The van der Waals surface area contributed by atoms with E-state index in [2.05, 4.69) is 0 Å². The second-order valence-electron chi connectivity index (χ2n) is 9.91. The highest BCUT2D eigenvalue weighted by atomic mass is 32.2. The molecule has 0 spiro atoms. The van der Waals surface area contributed by atoms with E-state index in [-0.39, 0.29) is 29.5 Å². The number of carbonyl (C=O) groups is 1. The molecule has 5 rings (SSSR count). The van der Waals surface area contributed by atoms with Crippen LogP contribution < -0.4 is 0 Å². The number of hydrogen-bond acceptors (Lipinski definition) is 5. The number of aryl methyl sites for hydroxylation is 2. The van der Waals surface area contributed by atoms with Crippen molar-refractivity contribution in [1.29, 1.82) is 0 Å². The molecule has 2 fully saturated rings. The summed E-state index contributed by atoms with van der Waals surface area (Å²) in [6.45, 7) is 3.92. The lowest BCUT2D eigenvalue weighted by atomic mass is 9.93. The first-order chi connectivity index (χ1) is 16.2. The molecule has 3 heterocycles. The second kappa shape index (κ2) is 8.80. The van der Waals surface area contributed by atoms with Crippen LogP contribution in [0.1, 0.15) is 66.2 Å². The third-order valence-electron chi connectivity index (χ3n) is 7.41. The summed E-state index contributed by atoms with van der Waals surface area (Å²) in [7, 11) is -1.19. The number of rotatable bonds is 4. The lowest BCUT2D eigenvalue weighted by Gasteiger charge is -2.31. The van der Waals surface area contributed by atoms with Crippen molar-refractivity contribution in [2.45, 2.75) is 64.5 Å². The molecule has 7 nitrogen and oxygen atoms in total. The largest absolute Gasteiger partial charge is 0.339 e. The Morgan fingerprint density at radius 2 is 1.76 bits per heavy atom. The summed E-state index contributed by atoms with van der Waals surface area (Å²) in [4.78, 5) is 20.7. The minimum absolute atomic E-state index is 0.0191. The number of amides is 1. The van der Waals surface area contributed by atoms with Crippen molar-refractivity contribution in [2.24, 2.45) is 0 Å². The van der Waals surface area contributed by atoms with Crippen molar-refractivity contribution in [3.8, 4) is 11.3 Å². The van der Waals surface area contributed by atoms with Gasteiger partial charge in [-0.1, -0.05) is 49.1 Å². The summed E-state index contributed by atoms with van der Waals surface area (Å²) in [6.07, 6.45) is 6.09. The molecule has 1 aliphatic heterocycles. The van der Waals surface area contributed by atoms with Crippen molar-refractivity contribution >= 4 is 26.8 Å². The zero-order valence-corrected chi connectivity index (χ0v) is 20.9. The van der Waals surface area contributed by atoms with E-state index in [4.69, 9.17) is 10.1 Å². The Bertz CT molecular complexity index is 1340. The first-order valence-electron chi connectivity index (χ1n) is 12.2. The molecular formula is C26H32N4O3S. The Kier molecular flexibility index (Phi) is 5.96. The van der Waals surface area contributed by atoms with Gasteiger partial charge in [0.1, 0.15) is 0 Å². The van der Waals surface area contributed by atoms with E-state index in [0.717, 1.165) is 42.2 Å². The van der Waals surface area contributed by atoms with E-state index in [1.54, 1.807) is 4.68 Å². The second-order valence-corrected chi connectivity index (χ2v) is 12.1. The Morgan fingerprint density at radius 1 is 1.06 bits per heavy atom. The maximum absolute atomic E-state index is 13.8. The molecule has 0 bridgehead atoms. The number of fused-ring (bicyclic) bond motifs is 1. The van der Waals surface area contributed by atoms with Gasteiger partial charge < -0.3 is 4.90 Å². The summed E-state index contributed by atoms with van der Waals surface area (Å²) in [5.74, 6) is 0.200. The summed E-state index contributed by atoms with van der Waals surface area (Å²) in [6, 6.07) is 9.95. The summed E-state index contributed by atoms with van der Waals surface area (Å²) < 4.78 is 26.1. The molecular weight excluding hydrogens is 448 g/mol. The van der Waals surface area contributed by atoms with Gasteiger partial charge in [-0.3, -0.25) is 4.79 Å². The van der Waals surface area contributed by atoms with Gasteiger partial charge in [0.25, 0.3) is 5.91 Å². The molecule has 1 aromatic carbocycles. The fraction of sp³-hybridized carbons (Fsp3) is 0.500. The number of aromatic nitrogens is 3. The molecule has 1 atom stereocenters. The molecule has 1 amide bonds. The Hall–Kier alpha value is -2.74. The molecule has 2 aromatic heterocycles. The smallest absolute Gasteiger partial charge is 0.254 e. The van der Waals surface area contributed by atoms with Gasteiger partial charge in [0.05, 0.1) is 39.9 Å². The van der Waals surface area contributed by atoms with Crippen molar-refractivity contribution < 1.29 is 13.2 Å². The zero-order chi connectivity index (χ0) is 24.0. The monoisotopic (exact) mass is 480 g/mol. The molecule has 1 unspecified atom stereocenters. The predicted molar refractivity (Wildman–Crippen MR) is 134 cm³/mol. The number of hydrogen-bond donors (Lipinski definition) is 0. The fourth-order valence-corrected chi connectivity index (χ4v) is 7.09. The van der Waals surface area contributed by atoms with Crippen LogP contribution in [0.4, 0.5) is 0 Å². The van der Waals surface area contributed by atoms with Gasteiger partial charge >= 0.3 is 0 Å². The first kappa shape index (κ1) is 23.0. The average Bonchev–Trinajstić information content (AvgIpc) is 3.37. The molecule has 2 aliphatic rings. The lowest BCUT2D eigenvalue weighted by molar-refractivity contribution is 0.0698. The van der Waals surface area contributed by atoms with Crippen LogP contribution in [0.25, 0.3) is 22.3 Å². The lowest BCUT2D eigenvalue weighted by Crippen LogP contribution is -2.38. The number of carbonyl (C=O) groups excluding carboxylic acids is 1. The molecule has 1 saturated carbocycles. The van der Waals surface area contributed by atoms with Gasteiger partial charge in [-0.15, -0.1) is 0 Å². The Labute approximate surface area is 201 Å². The third kappa shape index (κ3) is 4.24. The van der Waals surface area contributed by atoms with Gasteiger partial charge in [-0.25, -0.2) is 18.1 Å². The van der Waals surface area contributed by atoms with Crippen LogP contribution >= 0.6 is 0 Å². The normalized spacial score (nSPS) is 20.6. The molecule has 3 aromatic rings. The number of nitrogens with zero attached hydrogens (tertiary/aromatic N) is 4. The van der Waals surface area contributed by atoms with Gasteiger partial charge in [0.2, 0.25) is 0 Å². The minimum atomic E-state index is -3.09. The first-order valence-corrected chi connectivity index (χ1v) is 14.0. The van der Waals surface area contributed by atoms with Crippen LogP contribution in [0.15, 0.2) is 30.3 Å². The standard InChI is InChI=1S/C26H32N4O3S/c1-17-9-11-19(12-10-17)23-15-22(26(31)29(3)20-7-5-4-6-8-20)24-18(2)28-30(25(24)27-23)21-13-14-34(32,33)16-21/h9-12,15,20-21H,4-8,13-14,16H2,1-3H3. The van der Waals surface area contributed by atoms with Crippen LogP contribution in [0, 0.1) is 13.8 Å². The maximum Gasteiger partial charge on any atom is 0.254 e. The highest BCUT2D eigenvalue weighted by molar-refractivity contribution is 7.91. The number of sulfone groups is 1. The van der Waals surface area contributed by atoms with E-state index >= 15 is 0 Å². The quantitative estimate of drug-likeness (QED) is 0.550. The van der Waals surface area contributed by atoms with E-state index in [1.807, 2.05) is 56.1 Å². The van der Waals surface area contributed by atoms with Gasteiger partial charge in [-0.2, -0.15) is 5.10 Å². The average molecular weight is 481 g/mol. The van der Waals surface area contributed by atoms with Crippen LogP contribution in [-0.2, 0) is 9.84 Å². The maximum atomic E-state index is 13.8. The third-order valence-corrected chi connectivity index (χ3v) is 9.16. The van der Waals surface area contributed by atoms with Gasteiger partial charge in [-0.05, 0) is 39.2 Å². The molecule has 0 N–H and O–H groups in total. The van der Waals surface area contributed by atoms with Crippen molar-refractivity contribution in [3.05, 3.63) is 47.2 Å². The Morgan fingerprint density at radius 3 is 2.41 bits per heavy atom. The SMILES string of the molecule is Cc1ccc(-c2cc(C(=O)N(C)C3CCCCC3)c3c(C)nn(C4CCS(=O)(=O)C4)c3n2)cc1. The van der Waals surface area contributed by atoms with E-state index in [1.165, 1.54) is 6.42 Å². The summed E-state index contributed by atoms with van der Waals surface area (Å²) in [5, 5.41) is 5.45. The zero-order valence-electron chi connectivity index (χ0n) is 20.1. The summed E-state index contributed by atoms with van der Waals surface area (Å²) >= 11 is 0. The van der Waals surface area contributed by atoms with Gasteiger partial charge in [0, 0.05) is 18.7 Å². The highest BCUT2D eigenvalue weighted by Crippen LogP contribution is 2.33. The predicted octanol–water partition coefficient (Wildman–Crippen LogP) is 4.48. The van der Waals surface area contributed by atoms with E-state index < -0.39 is 9.84 Å². The van der Waals surface area contributed by atoms with E-state index in [9.17, 15) is 13.2 Å². The molecule has 34 heavy (non-hydrogen) atoms. The highest BCUT2D eigenvalue weighted by Gasteiger charge is 2.33. The minimum Gasteiger partial charge on any atom is -0.339 e. The number of benzene rings is 1. The van der Waals surface area contributed by atoms with Crippen molar-refractivity contribution in [3.63, 3.8) is 0 Å². The van der Waals surface area contributed by atoms with Crippen molar-refractivity contribution in [2.75, 3.05) is 18.6 Å². The number of pyridine rings is 1. The van der Waals surface area contributed by atoms with Crippen LogP contribution in [0.2, 0.25) is 0 Å². The molecule has 1 aliphatic carbocycles. The van der Waals surface area contributed by atoms with E-state index in [0.29, 0.717) is 29.0 Å². The summed E-state index contributed by atoms with van der Waals surface area (Å²) in [5.41, 5.74) is 4.68. The molecule has 180 valence electrons. The molecule has 1 saturated heterocycles. The fourth-order valence-electron chi connectivity index (χ4n) is 5.40. The van der Waals surface area contributed by atoms with Crippen molar-refractivity contribution in [1.82, 2.24) is 19.7 Å². The van der Waals surface area contributed by atoms with Crippen LogP contribution in [0.5, 0.6) is 0 Å². The topological polar surface area (TPSA) is 85.2 Å². The van der Waals surface area contributed by atoms with Crippen LogP contribution in [0.3, 0.4) is 0 Å². The Balaban J connectivity index is 1.66. The van der Waals surface area contributed by atoms with Gasteiger partial charge in [0.15, 0.2) is 15.5 Å². The molecule has 8 heteroatoms. The molecule has 0 radical (unpaired) electrons. The van der Waals surface area contributed by atoms with Crippen LogP contribution in [-0.4, -0.2) is 58.6 Å².